The van der Waals surface area contributed by atoms with Gasteiger partial charge in [0.15, 0.2) is 5.58 Å². The summed E-state index contributed by atoms with van der Waals surface area (Å²) < 4.78 is 5.79. The predicted molar refractivity (Wildman–Crippen MR) is 89.6 cm³/mol. The summed E-state index contributed by atoms with van der Waals surface area (Å²) in [5.74, 6) is 0.382. The highest BCUT2D eigenvalue weighted by molar-refractivity contribution is 5.81. The van der Waals surface area contributed by atoms with Crippen molar-refractivity contribution in [3.05, 3.63) is 52.1 Å². The highest BCUT2D eigenvalue weighted by atomic mass is 16.6. The van der Waals surface area contributed by atoms with Gasteiger partial charge in [0.2, 0.25) is 5.89 Å². The molecule has 1 aromatic heterocycles. The van der Waals surface area contributed by atoms with Crippen molar-refractivity contribution < 1.29 is 9.34 Å². The van der Waals surface area contributed by atoms with E-state index >= 15 is 0 Å². The van der Waals surface area contributed by atoms with E-state index in [-0.39, 0.29) is 5.69 Å². The molecule has 2 aromatic carbocycles. The smallest absolute Gasteiger partial charge is 0.270 e. The molecule has 1 N–H and O–H groups in total. The first-order valence-electron chi connectivity index (χ1n) is 7.48. The van der Waals surface area contributed by atoms with Gasteiger partial charge in [0.25, 0.3) is 5.69 Å². The molecule has 118 valence electrons. The Morgan fingerprint density at radius 3 is 2.83 bits per heavy atom. The lowest BCUT2D eigenvalue weighted by atomic mass is 10.1. The van der Waals surface area contributed by atoms with E-state index in [1.54, 1.807) is 6.07 Å². The fraction of sp³-hybridized carbons (Fsp3) is 0.235. The number of rotatable bonds is 5. The van der Waals surface area contributed by atoms with Gasteiger partial charge in [-0.15, -0.1) is 0 Å². The van der Waals surface area contributed by atoms with Crippen LogP contribution in [0.2, 0.25) is 0 Å². The number of nitro groups is 1. The molecule has 6 heteroatoms. The van der Waals surface area contributed by atoms with Crippen molar-refractivity contribution in [1.82, 2.24) is 4.98 Å². The van der Waals surface area contributed by atoms with E-state index in [0.29, 0.717) is 17.0 Å². The van der Waals surface area contributed by atoms with E-state index in [0.717, 1.165) is 29.7 Å². The van der Waals surface area contributed by atoms with Gasteiger partial charge in [0.1, 0.15) is 5.52 Å². The fourth-order valence-corrected chi connectivity index (χ4v) is 2.39. The number of nitrogens with one attached hydrogen (secondary N) is 1. The molecule has 3 rings (SSSR count). The second-order valence-electron chi connectivity index (χ2n) is 5.40. The Hall–Kier alpha value is -2.89. The van der Waals surface area contributed by atoms with Crippen molar-refractivity contribution in [3.63, 3.8) is 0 Å². The average Bonchev–Trinajstić information content (AvgIpc) is 2.95. The number of hydrogen-bond donors (Lipinski definition) is 1. The number of aryl methyl sites for hydroxylation is 1. The second kappa shape index (κ2) is 6.08. The van der Waals surface area contributed by atoms with Crippen LogP contribution in [-0.4, -0.2) is 16.5 Å². The molecule has 0 aliphatic carbocycles. The van der Waals surface area contributed by atoms with Gasteiger partial charge >= 0.3 is 0 Å². The Morgan fingerprint density at radius 1 is 1.26 bits per heavy atom. The van der Waals surface area contributed by atoms with Gasteiger partial charge in [-0.2, -0.15) is 0 Å². The Kier molecular flexibility index (Phi) is 3.97. The SMILES string of the molecule is CCCNc1ccc([N+](=O)[O-])cc1-c1nc2cc(C)ccc2o1. The number of aromatic nitrogens is 1. The van der Waals surface area contributed by atoms with Gasteiger partial charge in [-0.25, -0.2) is 4.98 Å². The first-order valence-corrected chi connectivity index (χ1v) is 7.48. The maximum Gasteiger partial charge on any atom is 0.270 e. The molecular weight excluding hydrogens is 294 g/mol. The Morgan fingerprint density at radius 2 is 2.09 bits per heavy atom. The number of nitrogens with zero attached hydrogens (tertiary/aromatic N) is 2. The molecule has 0 unspecified atom stereocenters. The molecule has 0 aliphatic rings. The summed E-state index contributed by atoms with van der Waals surface area (Å²) in [6.07, 6.45) is 0.948. The van der Waals surface area contributed by atoms with Crippen LogP contribution < -0.4 is 5.32 Å². The molecule has 0 bridgehead atoms. The lowest BCUT2D eigenvalue weighted by molar-refractivity contribution is -0.384. The van der Waals surface area contributed by atoms with Crippen LogP contribution in [0.3, 0.4) is 0 Å². The van der Waals surface area contributed by atoms with E-state index in [9.17, 15) is 10.1 Å². The van der Waals surface area contributed by atoms with Crippen LogP contribution in [0.5, 0.6) is 0 Å². The van der Waals surface area contributed by atoms with Crippen LogP contribution in [0.4, 0.5) is 11.4 Å². The van der Waals surface area contributed by atoms with E-state index in [2.05, 4.69) is 17.2 Å². The number of anilines is 1. The summed E-state index contributed by atoms with van der Waals surface area (Å²) in [6.45, 7) is 4.81. The molecule has 0 atom stereocenters. The Bertz CT molecular complexity index is 871. The number of nitro benzene ring substituents is 1. The quantitative estimate of drug-likeness (QED) is 0.553. The zero-order valence-corrected chi connectivity index (χ0v) is 13.0. The van der Waals surface area contributed by atoms with Crippen LogP contribution in [-0.2, 0) is 0 Å². The minimum atomic E-state index is -0.417. The zero-order chi connectivity index (χ0) is 16.4. The number of hydrogen-bond acceptors (Lipinski definition) is 5. The molecule has 0 spiro atoms. The second-order valence-corrected chi connectivity index (χ2v) is 5.40. The van der Waals surface area contributed by atoms with Crippen molar-refractivity contribution in [1.29, 1.82) is 0 Å². The molecule has 1 heterocycles. The maximum atomic E-state index is 11.1. The first kappa shape index (κ1) is 15.0. The lowest BCUT2D eigenvalue weighted by Crippen LogP contribution is -2.02. The third kappa shape index (κ3) is 3.01. The summed E-state index contributed by atoms with van der Waals surface area (Å²) >= 11 is 0. The number of fused-ring (bicyclic) bond motifs is 1. The van der Waals surface area contributed by atoms with E-state index < -0.39 is 4.92 Å². The molecule has 0 radical (unpaired) electrons. The predicted octanol–water partition coefficient (Wildman–Crippen LogP) is 4.53. The molecule has 0 amide bonds. The van der Waals surface area contributed by atoms with Crippen molar-refractivity contribution in [2.45, 2.75) is 20.3 Å². The molecule has 0 aliphatic heterocycles. The van der Waals surface area contributed by atoms with Crippen LogP contribution >= 0.6 is 0 Å². The molecule has 3 aromatic rings. The summed E-state index contributed by atoms with van der Waals surface area (Å²) in [7, 11) is 0. The highest BCUT2D eigenvalue weighted by Crippen LogP contribution is 2.33. The van der Waals surface area contributed by atoms with Gasteiger partial charge in [-0.3, -0.25) is 10.1 Å². The van der Waals surface area contributed by atoms with Gasteiger partial charge < -0.3 is 9.73 Å². The third-order valence-electron chi connectivity index (χ3n) is 3.55. The first-order chi connectivity index (χ1) is 11.1. The monoisotopic (exact) mass is 311 g/mol. The Labute approximate surface area is 133 Å². The molecule has 0 saturated heterocycles. The number of oxazole rings is 1. The van der Waals surface area contributed by atoms with Gasteiger partial charge in [-0.05, 0) is 37.1 Å². The van der Waals surface area contributed by atoms with E-state index in [1.807, 2.05) is 25.1 Å². The molecule has 6 nitrogen and oxygen atoms in total. The van der Waals surface area contributed by atoms with Gasteiger partial charge in [0.05, 0.1) is 10.5 Å². The Balaban J connectivity index is 2.13. The standard InChI is InChI=1S/C17H17N3O3/c1-3-8-18-14-6-5-12(20(21)22)10-13(14)17-19-15-9-11(2)4-7-16(15)23-17/h4-7,9-10,18H,3,8H2,1-2H3. The third-order valence-corrected chi connectivity index (χ3v) is 3.55. The van der Waals surface area contributed by atoms with Crippen LogP contribution in [0.25, 0.3) is 22.6 Å². The van der Waals surface area contributed by atoms with E-state index in [1.165, 1.54) is 12.1 Å². The maximum absolute atomic E-state index is 11.1. The summed E-state index contributed by atoms with van der Waals surface area (Å²) in [5.41, 5.74) is 3.88. The number of benzene rings is 2. The average molecular weight is 311 g/mol. The molecular formula is C17H17N3O3. The van der Waals surface area contributed by atoms with Gasteiger partial charge in [0, 0.05) is 24.4 Å². The lowest BCUT2D eigenvalue weighted by Gasteiger charge is -2.08. The zero-order valence-electron chi connectivity index (χ0n) is 13.0. The fourth-order valence-electron chi connectivity index (χ4n) is 2.39. The van der Waals surface area contributed by atoms with Gasteiger partial charge in [-0.1, -0.05) is 13.0 Å². The largest absolute Gasteiger partial charge is 0.436 e. The van der Waals surface area contributed by atoms with Crippen molar-refractivity contribution >= 4 is 22.5 Å². The molecule has 23 heavy (non-hydrogen) atoms. The highest BCUT2D eigenvalue weighted by Gasteiger charge is 2.17. The summed E-state index contributed by atoms with van der Waals surface area (Å²) in [6, 6.07) is 10.4. The summed E-state index contributed by atoms with van der Waals surface area (Å²) in [4.78, 5) is 15.1. The minimum Gasteiger partial charge on any atom is -0.436 e. The van der Waals surface area contributed by atoms with Crippen molar-refractivity contribution in [2.24, 2.45) is 0 Å². The molecule has 0 fully saturated rings. The topological polar surface area (TPSA) is 81.2 Å². The van der Waals surface area contributed by atoms with E-state index in [4.69, 9.17) is 4.42 Å². The van der Waals surface area contributed by atoms with Crippen LogP contribution in [0.1, 0.15) is 18.9 Å². The van der Waals surface area contributed by atoms with Crippen molar-refractivity contribution in [2.75, 3.05) is 11.9 Å². The normalized spacial score (nSPS) is 10.9. The number of non-ortho nitro benzene ring substituents is 1. The van der Waals surface area contributed by atoms with Crippen molar-refractivity contribution in [3.8, 4) is 11.5 Å². The minimum absolute atomic E-state index is 0.0143. The summed E-state index contributed by atoms with van der Waals surface area (Å²) in [5, 5.41) is 14.3. The van der Waals surface area contributed by atoms with Crippen LogP contribution in [0, 0.1) is 17.0 Å². The van der Waals surface area contributed by atoms with Crippen LogP contribution in [0.15, 0.2) is 40.8 Å². The molecule has 0 saturated carbocycles.